The van der Waals surface area contributed by atoms with E-state index >= 15 is 0 Å². The van der Waals surface area contributed by atoms with Crippen LogP contribution in [-0.2, 0) is 0 Å². The van der Waals surface area contributed by atoms with Gasteiger partial charge in [0.05, 0.1) is 16.1 Å². The zero-order valence-corrected chi connectivity index (χ0v) is 15.5. The van der Waals surface area contributed by atoms with E-state index in [1.54, 1.807) is 23.2 Å². The van der Waals surface area contributed by atoms with Crippen molar-refractivity contribution in [3.05, 3.63) is 71.4 Å². The number of hydrogen-bond acceptors (Lipinski definition) is 4. The number of para-hydroxylation sites is 1. The van der Waals surface area contributed by atoms with Crippen molar-refractivity contribution in [1.29, 1.82) is 0 Å². The van der Waals surface area contributed by atoms with Gasteiger partial charge in [-0.25, -0.2) is 14.5 Å². The Bertz CT molecular complexity index is 1300. The van der Waals surface area contributed by atoms with Gasteiger partial charge in [0.1, 0.15) is 6.33 Å². The van der Waals surface area contributed by atoms with E-state index in [0.717, 1.165) is 39.2 Å². The SMILES string of the molecule is Cc1c(C)n(-c2ccccc2Cl)c2ncn3nc(-c4cccnc4)nc3c12. The number of hydrogen-bond donors (Lipinski definition) is 0. The van der Waals surface area contributed by atoms with Crippen molar-refractivity contribution in [1.82, 2.24) is 29.1 Å². The lowest BCUT2D eigenvalue weighted by Crippen LogP contribution is -1.99. The molecule has 0 saturated carbocycles. The van der Waals surface area contributed by atoms with E-state index in [2.05, 4.69) is 33.5 Å². The fourth-order valence-corrected chi connectivity index (χ4v) is 3.63. The van der Waals surface area contributed by atoms with Crippen LogP contribution in [0.1, 0.15) is 11.3 Å². The predicted octanol–water partition coefficient (Wildman–Crippen LogP) is 4.40. The molecule has 7 heteroatoms. The Morgan fingerprint density at radius 3 is 2.63 bits per heavy atom. The van der Waals surface area contributed by atoms with Gasteiger partial charge in [0.25, 0.3) is 0 Å². The molecule has 0 N–H and O–H groups in total. The molecule has 132 valence electrons. The summed E-state index contributed by atoms with van der Waals surface area (Å²) in [5.41, 5.74) is 5.53. The van der Waals surface area contributed by atoms with Crippen molar-refractivity contribution in [2.75, 3.05) is 0 Å². The summed E-state index contributed by atoms with van der Waals surface area (Å²) in [4.78, 5) is 13.6. The minimum atomic E-state index is 0.625. The molecular weight excluding hydrogens is 360 g/mol. The summed E-state index contributed by atoms with van der Waals surface area (Å²) in [7, 11) is 0. The average molecular weight is 375 g/mol. The Labute approximate surface area is 160 Å². The summed E-state index contributed by atoms with van der Waals surface area (Å²) in [5, 5.41) is 6.22. The van der Waals surface area contributed by atoms with E-state index in [1.165, 1.54) is 0 Å². The molecular formula is C20H15ClN6. The molecule has 5 rings (SSSR count). The largest absolute Gasteiger partial charge is 0.297 e. The Morgan fingerprint density at radius 2 is 1.85 bits per heavy atom. The summed E-state index contributed by atoms with van der Waals surface area (Å²) in [6.45, 7) is 4.14. The lowest BCUT2D eigenvalue weighted by atomic mass is 10.2. The fraction of sp³-hybridized carbons (Fsp3) is 0.100. The first-order valence-corrected chi connectivity index (χ1v) is 8.91. The molecule has 0 fully saturated rings. The van der Waals surface area contributed by atoms with E-state index in [9.17, 15) is 0 Å². The van der Waals surface area contributed by atoms with E-state index in [4.69, 9.17) is 16.6 Å². The van der Waals surface area contributed by atoms with Gasteiger partial charge < -0.3 is 0 Å². The molecule has 0 bridgehead atoms. The topological polar surface area (TPSA) is 60.9 Å². The quantitative estimate of drug-likeness (QED) is 0.459. The van der Waals surface area contributed by atoms with Crippen LogP contribution in [0.25, 0.3) is 33.8 Å². The zero-order chi connectivity index (χ0) is 18.5. The highest BCUT2D eigenvalue weighted by Crippen LogP contribution is 2.32. The lowest BCUT2D eigenvalue weighted by Gasteiger charge is -2.09. The van der Waals surface area contributed by atoms with Crippen LogP contribution in [0.4, 0.5) is 0 Å². The standard InChI is InChI=1S/C20H15ClN6/c1-12-13(2)27(16-8-4-3-7-15(16)21)19-17(12)20-24-18(25-26(20)11-23-19)14-6-5-9-22-10-14/h3-11H,1-2H3. The molecule has 0 saturated heterocycles. The Balaban J connectivity index is 1.84. The van der Waals surface area contributed by atoms with Gasteiger partial charge in [0.2, 0.25) is 0 Å². The summed E-state index contributed by atoms with van der Waals surface area (Å²) in [6, 6.07) is 11.6. The molecule has 1 aromatic carbocycles. The third-order valence-electron chi connectivity index (χ3n) is 4.85. The maximum atomic E-state index is 6.45. The first-order valence-electron chi connectivity index (χ1n) is 8.53. The zero-order valence-electron chi connectivity index (χ0n) is 14.8. The maximum absolute atomic E-state index is 6.45. The minimum Gasteiger partial charge on any atom is -0.297 e. The van der Waals surface area contributed by atoms with Crippen LogP contribution in [0, 0.1) is 13.8 Å². The van der Waals surface area contributed by atoms with Crippen LogP contribution in [-0.4, -0.2) is 29.1 Å². The Morgan fingerprint density at radius 1 is 1.00 bits per heavy atom. The van der Waals surface area contributed by atoms with Crippen LogP contribution in [0.3, 0.4) is 0 Å². The van der Waals surface area contributed by atoms with Crippen molar-refractivity contribution in [2.45, 2.75) is 13.8 Å². The van der Waals surface area contributed by atoms with Gasteiger partial charge in [0, 0.05) is 23.7 Å². The highest BCUT2D eigenvalue weighted by molar-refractivity contribution is 6.32. The van der Waals surface area contributed by atoms with Gasteiger partial charge in [-0.2, -0.15) is 0 Å². The van der Waals surface area contributed by atoms with E-state index < -0.39 is 0 Å². The number of halogens is 1. The molecule has 6 nitrogen and oxygen atoms in total. The first kappa shape index (κ1) is 16.0. The van der Waals surface area contributed by atoms with Crippen LogP contribution >= 0.6 is 11.6 Å². The number of nitrogens with zero attached hydrogens (tertiary/aromatic N) is 6. The number of aromatic nitrogens is 6. The van der Waals surface area contributed by atoms with Gasteiger partial charge in [-0.1, -0.05) is 23.7 Å². The van der Waals surface area contributed by atoms with E-state index in [1.807, 2.05) is 36.4 Å². The Hall–Kier alpha value is -3.25. The highest BCUT2D eigenvalue weighted by atomic mass is 35.5. The molecule has 0 aliphatic rings. The van der Waals surface area contributed by atoms with Crippen molar-refractivity contribution < 1.29 is 0 Å². The molecule has 0 spiro atoms. The highest BCUT2D eigenvalue weighted by Gasteiger charge is 2.20. The summed E-state index contributed by atoms with van der Waals surface area (Å²) >= 11 is 6.45. The molecule has 0 aliphatic heterocycles. The second kappa shape index (κ2) is 5.89. The average Bonchev–Trinajstić information content (AvgIpc) is 3.23. The summed E-state index contributed by atoms with van der Waals surface area (Å²) < 4.78 is 3.79. The number of aryl methyl sites for hydroxylation is 1. The molecule has 0 aliphatic carbocycles. The molecule has 0 radical (unpaired) electrons. The molecule has 4 aromatic heterocycles. The number of pyridine rings is 1. The molecule has 27 heavy (non-hydrogen) atoms. The summed E-state index contributed by atoms with van der Waals surface area (Å²) in [6.07, 6.45) is 5.18. The van der Waals surface area contributed by atoms with Crippen LogP contribution in [0.2, 0.25) is 5.02 Å². The molecule has 0 amide bonds. The molecule has 5 aromatic rings. The fourth-order valence-electron chi connectivity index (χ4n) is 3.41. The second-order valence-electron chi connectivity index (χ2n) is 6.39. The van der Waals surface area contributed by atoms with E-state index in [0.29, 0.717) is 10.8 Å². The lowest BCUT2D eigenvalue weighted by molar-refractivity contribution is 0.926. The third-order valence-corrected chi connectivity index (χ3v) is 5.17. The normalized spacial score (nSPS) is 11.5. The van der Waals surface area contributed by atoms with E-state index in [-0.39, 0.29) is 0 Å². The third kappa shape index (κ3) is 2.34. The van der Waals surface area contributed by atoms with Gasteiger partial charge in [0.15, 0.2) is 17.1 Å². The Kier molecular flexibility index (Phi) is 3.48. The smallest absolute Gasteiger partial charge is 0.183 e. The number of benzene rings is 1. The van der Waals surface area contributed by atoms with Crippen LogP contribution in [0.15, 0.2) is 55.1 Å². The number of rotatable bonds is 2. The maximum Gasteiger partial charge on any atom is 0.183 e. The predicted molar refractivity (Wildman–Crippen MR) is 105 cm³/mol. The molecule has 0 atom stereocenters. The van der Waals surface area contributed by atoms with Gasteiger partial charge in [-0.05, 0) is 43.7 Å². The van der Waals surface area contributed by atoms with Crippen molar-refractivity contribution >= 4 is 28.3 Å². The van der Waals surface area contributed by atoms with Crippen molar-refractivity contribution in [3.63, 3.8) is 0 Å². The second-order valence-corrected chi connectivity index (χ2v) is 6.79. The molecule has 4 heterocycles. The van der Waals surface area contributed by atoms with Gasteiger partial charge >= 0.3 is 0 Å². The van der Waals surface area contributed by atoms with Crippen molar-refractivity contribution in [3.8, 4) is 17.1 Å². The van der Waals surface area contributed by atoms with Gasteiger partial charge in [-0.3, -0.25) is 9.55 Å². The minimum absolute atomic E-state index is 0.625. The van der Waals surface area contributed by atoms with Crippen LogP contribution < -0.4 is 0 Å². The molecule has 0 unspecified atom stereocenters. The summed E-state index contributed by atoms with van der Waals surface area (Å²) in [5.74, 6) is 0.625. The number of fused-ring (bicyclic) bond motifs is 3. The first-order chi connectivity index (χ1) is 13.1. The van der Waals surface area contributed by atoms with Gasteiger partial charge in [-0.15, -0.1) is 5.10 Å². The monoisotopic (exact) mass is 374 g/mol. The van der Waals surface area contributed by atoms with Crippen molar-refractivity contribution in [2.24, 2.45) is 0 Å². The van der Waals surface area contributed by atoms with Crippen LogP contribution in [0.5, 0.6) is 0 Å².